The molecule has 0 unspecified atom stereocenters. The van der Waals surface area contributed by atoms with Crippen LogP contribution in [0.4, 0.5) is 10.1 Å². The minimum absolute atomic E-state index is 0.186. The second kappa shape index (κ2) is 14.8. The summed E-state index contributed by atoms with van der Waals surface area (Å²) in [4.78, 5) is 24.8. The number of nitrogens with two attached hydrogens (primary N) is 1. The fraction of sp³-hybridized carbons (Fsp3) is 0.323. The number of carbonyl (C=O) groups excluding carboxylic acids is 2. The topological polar surface area (TPSA) is 118 Å². The van der Waals surface area contributed by atoms with Crippen molar-refractivity contribution < 1.29 is 23.5 Å². The lowest BCUT2D eigenvalue weighted by Crippen LogP contribution is -2.22. The standard InChI is InChI=1S/C16H15N3O2.C15H22FNO2/c1-19-14-8-12(6-7-13(14)9-17)10-2-4-11(5-3-10)15(20)16(18)21;1-18-14-11-12(10-13(16)15(14)19-2)6-5-9-17-7-3-4-8-17/h2-9,17,19H,1H3,(H2,18,21);10-11H,3-9H2,1-2H3. The first-order chi connectivity index (χ1) is 19.3. The summed E-state index contributed by atoms with van der Waals surface area (Å²) in [5.41, 5.74) is 9.70. The Bertz CT molecular complexity index is 1320. The Kier molecular flexibility index (Phi) is 11.2. The highest BCUT2D eigenvalue weighted by atomic mass is 19.1. The van der Waals surface area contributed by atoms with Gasteiger partial charge >= 0.3 is 0 Å². The Morgan fingerprint density at radius 1 is 1.02 bits per heavy atom. The zero-order chi connectivity index (χ0) is 29.1. The number of nitrogens with one attached hydrogen (secondary N) is 2. The molecule has 0 radical (unpaired) electrons. The molecule has 3 aromatic rings. The predicted octanol–water partition coefficient (Wildman–Crippen LogP) is 4.93. The molecule has 1 fully saturated rings. The van der Waals surface area contributed by atoms with Gasteiger partial charge in [0.15, 0.2) is 17.3 Å². The first-order valence-electron chi connectivity index (χ1n) is 13.2. The van der Waals surface area contributed by atoms with E-state index in [9.17, 15) is 14.0 Å². The van der Waals surface area contributed by atoms with Crippen molar-refractivity contribution in [1.29, 1.82) is 5.41 Å². The van der Waals surface area contributed by atoms with Crippen LogP contribution in [0.5, 0.6) is 11.5 Å². The summed E-state index contributed by atoms with van der Waals surface area (Å²) in [6, 6.07) is 15.7. The van der Waals surface area contributed by atoms with Crippen molar-refractivity contribution in [3.8, 4) is 22.6 Å². The zero-order valence-corrected chi connectivity index (χ0v) is 23.3. The average molecular weight is 549 g/mol. The van der Waals surface area contributed by atoms with E-state index in [1.165, 1.54) is 46.4 Å². The van der Waals surface area contributed by atoms with E-state index in [2.05, 4.69) is 10.2 Å². The Hall–Kier alpha value is -4.24. The molecule has 1 aliphatic heterocycles. The molecule has 1 aliphatic rings. The van der Waals surface area contributed by atoms with E-state index in [4.69, 9.17) is 20.6 Å². The SMILES string of the molecule is CNc1cc(-c2ccc(C(=O)C(N)=O)cc2)ccc1C=N.COc1cc(CCCN2CCCC2)cc(F)c1OC. The molecule has 212 valence electrons. The summed E-state index contributed by atoms with van der Waals surface area (Å²) >= 11 is 0. The van der Waals surface area contributed by atoms with Crippen LogP contribution in [0, 0.1) is 11.2 Å². The number of likely N-dealkylation sites (tertiary alicyclic amines) is 1. The molecule has 0 spiro atoms. The number of primary amides is 1. The number of Topliss-reactive ketones (excluding diaryl/α,β-unsaturated/α-hetero) is 1. The minimum Gasteiger partial charge on any atom is -0.493 e. The van der Waals surface area contributed by atoms with Gasteiger partial charge in [-0.25, -0.2) is 4.39 Å². The van der Waals surface area contributed by atoms with Crippen molar-refractivity contribution in [2.24, 2.45) is 5.73 Å². The highest BCUT2D eigenvalue weighted by molar-refractivity contribution is 6.42. The van der Waals surface area contributed by atoms with E-state index in [0.717, 1.165) is 47.3 Å². The van der Waals surface area contributed by atoms with Crippen LogP contribution in [-0.4, -0.2) is 63.7 Å². The number of anilines is 1. The maximum Gasteiger partial charge on any atom is 0.289 e. The first kappa shape index (κ1) is 30.3. The molecular formula is C31H37FN4O4. The van der Waals surface area contributed by atoms with Gasteiger partial charge in [-0.2, -0.15) is 0 Å². The second-order valence-electron chi connectivity index (χ2n) is 9.43. The van der Waals surface area contributed by atoms with Gasteiger partial charge in [-0.3, -0.25) is 9.59 Å². The summed E-state index contributed by atoms with van der Waals surface area (Å²) in [7, 11) is 4.78. The van der Waals surface area contributed by atoms with Crippen molar-refractivity contribution in [2.45, 2.75) is 25.7 Å². The predicted molar refractivity (Wildman–Crippen MR) is 156 cm³/mol. The highest BCUT2D eigenvalue weighted by Crippen LogP contribution is 2.31. The molecule has 4 rings (SSSR count). The number of halogens is 1. The fourth-order valence-electron chi connectivity index (χ4n) is 4.66. The van der Waals surface area contributed by atoms with Crippen LogP contribution in [0.25, 0.3) is 11.1 Å². The third-order valence-corrected chi connectivity index (χ3v) is 6.81. The summed E-state index contributed by atoms with van der Waals surface area (Å²) in [6.45, 7) is 3.51. The summed E-state index contributed by atoms with van der Waals surface area (Å²) < 4.78 is 24.0. The molecule has 0 atom stereocenters. The Morgan fingerprint density at radius 2 is 1.70 bits per heavy atom. The largest absolute Gasteiger partial charge is 0.493 e. The van der Waals surface area contributed by atoms with Crippen LogP contribution in [0.15, 0.2) is 54.6 Å². The third kappa shape index (κ3) is 7.89. The van der Waals surface area contributed by atoms with E-state index in [1.807, 2.05) is 24.3 Å². The molecule has 9 heteroatoms. The van der Waals surface area contributed by atoms with Crippen molar-refractivity contribution in [2.75, 3.05) is 46.2 Å². The van der Waals surface area contributed by atoms with Crippen LogP contribution >= 0.6 is 0 Å². The van der Waals surface area contributed by atoms with E-state index in [1.54, 1.807) is 37.4 Å². The smallest absolute Gasteiger partial charge is 0.289 e. The number of methoxy groups -OCH3 is 2. The van der Waals surface area contributed by atoms with E-state index in [0.29, 0.717) is 5.75 Å². The zero-order valence-electron chi connectivity index (χ0n) is 23.3. The molecule has 1 heterocycles. The number of aryl methyl sites for hydroxylation is 1. The van der Waals surface area contributed by atoms with Gasteiger partial charge in [0.1, 0.15) is 0 Å². The van der Waals surface area contributed by atoms with Crippen LogP contribution in [-0.2, 0) is 11.2 Å². The highest BCUT2D eigenvalue weighted by Gasteiger charge is 2.14. The molecular weight excluding hydrogens is 511 g/mol. The Balaban J connectivity index is 0.000000222. The number of amides is 1. The minimum atomic E-state index is -0.962. The molecule has 4 N–H and O–H groups in total. The lowest BCUT2D eigenvalue weighted by Gasteiger charge is -2.15. The number of benzene rings is 3. The Morgan fingerprint density at radius 3 is 2.27 bits per heavy atom. The van der Waals surface area contributed by atoms with Gasteiger partial charge in [0.05, 0.1) is 14.2 Å². The lowest BCUT2D eigenvalue weighted by molar-refractivity contribution is -0.114. The number of nitrogens with zero attached hydrogens (tertiary/aromatic N) is 1. The number of ketones is 1. The van der Waals surface area contributed by atoms with Crippen LogP contribution < -0.4 is 20.5 Å². The molecule has 1 saturated heterocycles. The summed E-state index contributed by atoms with van der Waals surface area (Å²) in [5.74, 6) is -1.35. The van der Waals surface area contributed by atoms with Gasteiger partial charge in [0.25, 0.3) is 5.91 Å². The normalized spacial score (nSPS) is 12.7. The maximum absolute atomic E-state index is 13.8. The van der Waals surface area contributed by atoms with Gasteiger partial charge in [-0.15, -0.1) is 0 Å². The van der Waals surface area contributed by atoms with E-state index < -0.39 is 11.7 Å². The molecule has 0 saturated carbocycles. The number of hydrogen-bond acceptors (Lipinski definition) is 7. The molecule has 40 heavy (non-hydrogen) atoms. The maximum atomic E-state index is 13.8. The van der Waals surface area contributed by atoms with Crippen molar-refractivity contribution in [3.63, 3.8) is 0 Å². The van der Waals surface area contributed by atoms with Crippen molar-refractivity contribution in [1.82, 2.24) is 4.90 Å². The van der Waals surface area contributed by atoms with E-state index >= 15 is 0 Å². The summed E-state index contributed by atoms with van der Waals surface area (Å²) in [5, 5.41) is 10.4. The number of carbonyl (C=O) groups is 2. The van der Waals surface area contributed by atoms with Crippen LogP contribution in [0.3, 0.4) is 0 Å². The van der Waals surface area contributed by atoms with Gasteiger partial charge in [-0.05, 0) is 80.2 Å². The molecule has 3 aromatic carbocycles. The fourth-order valence-corrected chi connectivity index (χ4v) is 4.66. The van der Waals surface area contributed by atoms with Crippen LogP contribution in [0.2, 0.25) is 0 Å². The average Bonchev–Trinajstić information content (AvgIpc) is 3.50. The lowest BCUT2D eigenvalue weighted by atomic mass is 10.00. The van der Waals surface area contributed by atoms with Crippen molar-refractivity contribution in [3.05, 3.63) is 77.1 Å². The second-order valence-corrected chi connectivity index (χ2v) is 9.43. The molecule has 8 nitrogen and oxygen atoms in total. The number of rotatable bonds is 11. The quantitative estimate of drug-likeness (QED) is 0.178. The Labute approximate surface area is 234 Å². The molecule has 1 amide bonds. The van der Waals surface area contributed by atoms with Crippen LogP contribution in [0.1, 0.15) is 40.7 Å². The van der Waals surface area contributed by atoms with Crippen molar-refractivity contribution >= 4 is 23.6 Å². The number of ether oxygens (including phenoxy) is 2. The van der Waals surface area contributed by atoms with Gasteiger partial charge < -0.3 is 30.8 Å². The van der Waals surface area contributed by atoms with Gasteiger partial charge in [0.2, 0.25) is 5.78 Å². The monoisotopic (exact) mass is 548 g/mol. The third-order valence-electron chi connectivity index (χ3n) is 6.81. The number of hydrogen-bond donors (Lipinski definition) is 3. The molecule has 0 aromatic heterocycles. The molecule has 0 aliphatic carbocycles. The van der Waals surface area contributed by atoms with Gasteiger partial charge in [-0.1, -0.05) is 36.4 Å². The first-order valence-corrected chi connectivity index (χ1v) is 13.2. The summed E-state index contributed by atoms with van der Waals surface area (Å²) in [6.07, 6.45) is 5.82. The van der Waals surface area contributed by atoms with E-state index in [-0.39, 0.29) is 17.1 Å². The van der Waals surface area contributed by atoms with Gasteiger partial charge in [0, 0.05) is 30.1 Å². The molecule has 0 bridgehead atoms.